The summed E-state index contributed by atoms with van der Waals surface area (Å²) in [6, 6.07) is 11.2. The molecule has 0 atom stereocenters. The summed E-state index contributed by atoms with van der Waals surface area (Å²) in [7, 11) is 3.06. The molecule has 0 aliphatic rings. The fraction of sp³-hybridized carbons (Fsp3) is 0.158. The van der Waals surface area contributed by atoms with Crippen molar-refractivity contribution in [2.75, 3.05) is 19.5 Å². The minimum Gasteiger partial charge on any atom is -0.506 e. The average molecular weight is 404 g/mol. The second kappa shape index (κ2) is 8.53. The fourth-order valence-electron chi connectivity index (χ4n) is 2.44. The van der Waals surface area contributed by atoms with Gasteiger partial charge in [0.25, 0.3) is 5.91 Å². The van der Waals surface area contributed by atoms with Crippen molar-refractivity contribution in [1.29, 1.82) is 0 Å². The molecule has 0 aliphatic heterocycles. The molecule has 1 heterocycles. The third-order valence-corrected chi connectivity index (χ3v) is 4.04. The highest BCUT2D eigenvalue weighted by Gasteiger charge is 2.14. The lowest BCUT2D eigenvalue weighted by Crippen LogP contribution is -2.14. The molecule has 8 nitrogen and oxygen atoms in total. The number of aromatic nitrogens is 2. The third kappa shape index (κ3) is 4.29. The van der Waals surface area contributed by atoms with Crippen LogP contribution in [0.25, 0.3) is 0 Å². The predicted molar refractivity (Wildman–Crippen MR) is 103 cm³/mol. The molecule has 28 heavy (non-hydrogen) atoms. The highest BCUT2D eigenvalue weighted by Crippen LogP contribution is 2.36. The van der Waals surface area contributed by atoms with Crippen molar-refractivity contribution in [3.63, 3.8) is 0 Å². The minimum atomic E-state index is -0.494. The number of hydrogen-bond acceptors (Lipinski definition) is 6. The molecule has 0 unspecified atom stereocenters. The van der Waals surface area contributed by atoms with E-state index >= 15 is 0 Å². The Balaban J connectivity index is 1.69. The summed E-state index contributed by atoms with van der Waals surface area (Å²) in [6.07, 6.45) is 1.59. The quantitative estimate of drug-likeness (QED) is 0.586. The minimum absolute atomic E-state index is 0.0342. The molecule has 0 radical (unpaired) electrons. The van der Waals surface area contributed by atoms with Crippen molar-refractivity contribution in [3.8, 4) is 23.0 Å². The number of anilines is 1. The third-order valence-electron chi connectivity index (χ3n) is 3.80. The molecular weight excluding hydrogens is 386 g/mol. The second-order valence-electron chi connectivity index (χ2n) is 5.62. The average Bonchev–Trinajstić information content (AvgIpc) is 3.18. The van der Waals surface area contributed by atoms with E-state index < -0.39 is 5.91 Å². The molecule has 3 aromatic rings. The molecule has 0 fully saturated rings. The molecule has 0 aliphatic carbocycles. The largest absolute Gasteiger partial charge is 0.506 e. The first-order valence-electron chi connectivity index (χ1n) is 8.19. The van der Waals surface area contributed by atoms with E-state index in [-0.39, 0.29) is 23.9 Å². The maximum atomic E-state index is 12.3. The number of para-hydroxylation sites is 1. The SMILES string of the molecule is COc1cccc(OC)c1OCn1ccc(C(=O)Nc2cc(Cl)ccc2O)n1. The normalized spacial score (nSPS) is 10.4. The van der Waals surface area contributed by atoms with Gasteiger partial charge < -0.3 is 24.6 Å². The molecule has 0 bridgehead atoms. The van der Waals surface area contributed by atoms with Crippen LogP contribution in [0.3, 0.4) is 0 Å². The summed E-state index contributed by atoms with van der Waals surface area (Å²) >= 11 is 5.88. The molecule has 1 aromatic heterocycles. The Kier molecular flexibility index (Phi) is 5.90. The lowest BCUT2D eigenvalue weighted by molar-refractivity contribution is 0.101. The van der Waals surface area contributed by atoms with Crippen molar-refractivity contribution in [2.45, 2.75) is 6.73 Å². The maximum absolute atomic E-state index is 12.3. The van der Waals surface area contributed by atoms with Gasteiger partial charge in [0.2, 0.25) is 5.75 Å². The van der Waals surface area contributed by atoms with Gasteiger partial charge in [0.1, 0.15) is 5.75 Å². The van der Waals surface area contributed by atoms with Crippen molar-refractivity contribution in [1.82, 2.24) is 9.78 Å². The van der Waals surface area contributed by atoms with E-state index in [1.54, 1.807) is 24.4 Å². The molecule has 146 valence electrons. The van der Waals surface area contributed by atoms with Gasteiger partial charge in [-0.05, 0) is 36.4 Å². The van der Waals surface area contributed by atoms with Gasteiger partial charge in [-0.1, -0.05) is 17.7 Å². The predicted octanol–water partition coefficient (Wildman–Crippen LogP) is 3.55. The number of benzene rings is 2. The zero-order chi connectivity index (χ0) is 20.1. The van der Waals surface area contributed by atoms with E-state index in [9.17, 15) is 9.90 Å². The molecule has 2 aromatic carbocycles. The van der Waals surface area contributed by atoms with Gasteiger partial charge in [-0.15, -0.1) is 0 Å². The summed E-state index contributed by atoms with van der Waals surface area (Å²) in [5, 5.41) is 16.9. The van der Waals surface area contributed by atoms with Crippen LogP contribution in [0.15, 0.2) is 48.7 Å². The van der Waals surface area contributed by atoms with Crippen LogP contribution in [-0.4, -0.2) is 35.0 Å². The molecule has 0 spiro atoms. The molecule has 1 amide bonds. The fourth-order valence-corrected chi connectivity index (χ4v) is 2.61. The van der Waals surface area contributed by atoms with E-state index in [4.69, 9.17) is 25.8 Å². The summed E-state index contributed by atoms with van der Waals surface area (Å²) in [4.78, 5) is 12.3. The first kappa shape index (κ1) is 19.4. The number of halogens is 1. The summed E-state index contributed by atoms with van der Waals surface area (Å²) in [6.45, 7) is 0.0342. The molecule has 2 N–H and O–H groups in total. The number of phenolic OH excluding ortho intramolecular Hbond substituents is 1. The van der Waals surface area contributed by atoms with Crippen molar-refractivity contribution in [3.05, 3.63) is 59.4 Å². The monoisotopic (exact) mass is 403 g/mol. The number of carbonyl (C=O) groups is 1. The molecule has 3 rings (SSSR count). The van der Waals surface area contributed by atoms with Crippen LogP contribution in [0.2, 0.25) is 5.02 Å². The van der Waals surface area contributed by atoms with E-state index in [1.807, 2.05) is 0 Å². The number of nitrogens with one attached hydrogen (secondary N) is 1. The van der Waals surface area contributed by atoms with Gasteiger partial charge in [0.05, 0.1) is 19.9 Å². The van der Waals surface area contributed by atoms with Gasteiger partial charge in [0.15, 0.2) is 23.9 Å². The number of ether oxygens (including phenoxy) is 3. The summed E-state index contributed by atoms with van der Waals surface area (Å²) in [5.41, 5.74) is 0.344. The van der Waals surface area contributed by atoms with Crippen LogP contribution in [-0.2, 0) is 6.73 Å². The Morgan fingerprint density at radius 1 is 1.18 bits per heavy atom. The van der Waals surface area contributed by atoms with E-state index in [0.29, 0.717) is 22.3 Å². The van der Waals surface area contributed by atoms with E-state index in [2.05, 4.69) is 10.4 Å². The highest BCUT2D eigenvalue weighted by atomic mass is 35.5. The zero-order valence-electron chi connectivity index (χ0n) is 15.2. The maximum Gasteiger partial charge on any atom is 0.276 e. The number of methoxy groups -OCH3 is 2. The molecule has 9 heteroatoms. The Labute approximate surface area is 166 Å². The van der Waals surface area contributed by atoms with Crippen molar-refractivity contribution in [2.24, 2.45) is 0 Å². The topological polar surface area (TPSA) is 94.8 Å². The van der Waals surface area contributed by atoms with Crippen LogP contribution in [0.1, 0.15) is 10.5 Å². The second-order valence-corrected chi connectivity index (χ2v) is 6.06. The molecular formula is C19H18ClN3O5. The number of hydrogen-bond donors (Lipinski definition) is 2. The Morgan fingerprint density at radius 3 is 2.57 bits per heavy atom. The zero-order valence-corrected chi connectivity index (χ0v) is 15.9. The van der Waals surface area contributed by atoms with Gasteiger partial charge >= 0.3 is 0 Å². The highest BCUT2D eigenvalue weighted by molar-refractivity contribution is 6.31. The number of carbonyl (C=O) groups excluding carboxylic acids is 1. The standard InChI is InChI=1S/C19H18ClN3O5/c1-26-16-4-3-5-17(27-2)18(16)28-11-23-9-8-13(22-23)19(25)21-14-10-12(20)6-7-15(14)24/h3-10,24H,11H2,1-2H3,(H,21,25). The lowest BCUT2D eigenvalue weighted by Gasteiger charge is -2.13. The van der Waals surface area contributed by atoms with Crippen LogP contribution < -0.4 is 19.5 Å². The van der Waals surface area contributed by atoms with Crippen LogP contribution in [0.5, 0.6) is 23.0 Å². The number of rotatable bonds is 7. The van der Waals surface area contributed by atoms with Crippen molar-refractivity contribution < 1.29 is 24.1 Å². The van der Waals surface area contributed by atoms with Gasteiger partial charge in [-0.3, -0.25) is 4.79 Å². The van der Waals surface area contributed by atoms with E-state index in [1.165, 1.54) is 43.2 Å². The molecule has 0 saturated heterocycles. The van der Waals surface area contributed by atoms with E-state index in [0.717, 1.165) is 0 Å². The Hall–Kier alpha value is -3.39. The first-order chi connectivity index (χ1) is 13.5. The number of amides is 1. The Bertz CT molecular complexity index is 967. The lowest BCUT2D eigenvalue weighted by atomic mass is 10.3. The first-order valence-corrected chi connectivity index (χ1v) is 8.56. The van der Waals surface area contributed by atoms with Gasteiger partial charge in [0, 0.05) is 11.2 Å². The van der Waals surface area contributed by atoms with Crippen LogP contribution >= 0.6 is 11.6 Å². The number of aromatic hydroxyl groups is 1. The Morgan fingerprint density at radius 2 is 1.89 bits per heavy atom. The summed E-state index contributed by atoms with van der Waals surface area (Å²) in [5.74, 6) is 0.870. The van der Waals surface area contributed by atoms with Gasteiger partial charge in [-0.25, -0.2) is 4.68 Å². The number of phenols is 1. The smallest absolute Gasteiger partial charge is 0.276 e. The van der Waals surface area contributed by atoms with Gasteiger partial charge in [-0.2, -0.15) is 5.10 Å². The number of nitrogens with zero attached hydrogens (tertiary/aromatic N) is 2. The van der Waals surface area contributed by atoms with Crippen LogP contribution in [0.4, 0.5) is 5.69 Å². The van der Waals surface area contributed by atoms with Crippen LogP contribution in [0, 0.1) is 0 Å². The molecule has 0 saturated carbocycles. The van der Waals surface area contributed by atoms with Crippen molar-refractivity contribution >= 4 is 23.2 Å². The summed E-state index contributed by atoms with van der Waals surface area (Å²) < 4.78 is 17.7.